The highest BCUT2D eigenvalue weighted by Crippen LogP contribution is 2.31. The van der Waals surface area contributed by atoms with Gasteiger partial charge < -0.3 is 15.0 Å². The molecule has 22 heavy (non-hydrogen) atoms. The fraction of sp³-hybridized carbons (Fsp3) is 0.412. The summed E-state index contributed by atoms with van der Waals surface area (Å²) in [5, 5.41) is 13.2. The zero-order chi connectivity index (χ0) is 15.6. The van der Waals surface area contributed by atoms with Crippen molar-refractivity contribution in [3.05, 3.63) is 36.7 Å². The number of aromatic nitrogens is 2. The first-order valence-corrected chi connectivity index (χ1v) is 7.78. The molecule has 0 aliphatic heterocycles. The number of aryl methyl sites for hydroxylation is 1. The van der Waals surface area contributed by atoms with Gasteiger partial charge in [0.25, 0.3) is 5.91 Å². The largest absolute Gasteiger partial charge is 0.380 e. The molecule has 1 aromatic heterocycles. The summed E-state index contributed by atoms with van der Waals surface area (Å²) in [5.74, 6) is 0.569. The second-order valence-electron chi connectivity index (χ2n) is 5.81. The molecule has 5 heteroatoms. The van der Waals surface area contributed by atoms with Crippen LogP contribution in [-0.2, 0) is 11.3 Å². The number of amides is 1. The van der Waals surface area contributed by atoms with Gasteiger partial charge in [0.05, 0.1) is 0 Å². The Morgan fingerprint density at radius 2 is 2.18 bits per heavy atom. The van der Waals surface area contributed by atoms with Gasteiger partial charge >= 0.3 is 0 Å². The number of nitrogens with zero attached hydrogens (tertiary/aromatic N) is 2. The lowest BCUT2D eigenvalue weighted by Crippen LogP contribution is -2.40. The van der Waals surface area contributed by atoms with Crippen LogP contribution in [0.2, 0.25) is 0 Å². The first kappa shape index (κ1) is 14.8. The standard InChI is InChI=1S/C17H21N3O2/c1-2-20-11-10-18-15(20)13-6-5-7-14(12-13)19-16(21)17(22)8-3-4-9-17/h5-7,10-12,22H,2-4,8-9H2,1H3,(H,19,21). The van der Waals surface area contributed by atoms with E-state index < -0.39 is 5.60 Å². The van der Waals surface area contributed by atoms with Crippen LogP contribution in [0.5, 0.6) is 0 Å². The summed E-state index contributed by atoms with van der Waals surface area (Å²) in [4.78, 5) is 16.6. The van der Waals surface area contributed by atoms with Crippen LogP contribution < -0.4 is 5.32 Å². The lowest BCUT2D eigenvalue weighted by atomic mass is 10.0. The van der Waals surface area contributed by atoms with E-state index in [-0.39, 0.29) is 5.91 Å². The Balaban J connectivity index is 1.81. The highest BCUT2D eigenvalue weighted by molar-refractivity contribution is 5.97. The molecule has 1 aromatic carbocycles. The topological polar surface area (TPSA) is 67.2 Å². The molecular formula is C17H21N3O2. The molecule has 1 amide bonds. The van der Waals surface area contributed by atoms with Gasteiger partial charge in [-0.05, 0) is 44.7 Å². The highest BCUT2D eigenvalue weighted by atomic mass is 16.3. The van der Waals surface area contributed by atoms with E-state index in [1.165, 1.54) is 0 Å². The Morgan fingerprint density at radius 1 is 1.41 bits per heavy atom. The summed E-state index contributed by atoms with van der Waals surface area (Å²) in [6.45, 7) is 2.90. The van der Waals surface area contributed by atoms with Crippen molar-refractivity contribution in [1.29, 1.82) is 0 Å². The smallest absolute Gasteiger partial charge is 0.256 e. The van der Waals surface area contributed by atoms with Crippen molar-refractivity contribution >= 4 is 11.6 Å². The van der Waals surface area contributed by atoms with Crippen molar-refractivity contribution < 1.29 is 9.90 Å². The summed E-state index contributed by atoms with van der Waals surface area (Å²) in [5.41, 5.74) is 0.425. The number of imidazole rings is 1. The van der Waals surface area contributed by atoms with E-state index in [0.29, 0.717) is 18.5 Å². The number of nitrogens with one attached hydrogen (secondary N) is 1. The van der Waals surface area contributed by atoms with Gasteiger partial charge in [-0.2, -0.15) is 0 Å². The number of hydrogen-bond acceptors (Lipinski definition) is 3. The van der Waals surface area contributed by atoms with Crippen LogP contribution in [0.1, 0.15) is 32.6 Å². The van der Waals surface area contributed by atoms with Gasteiger partial charge in [0.15, 0.2) is 0 Å². The fourth-order valence-corrected chi connectivity index (χ4v) is 3.00. The van der Waals surface area contributed by atoms with Crippen molar-refractivity contribution in [3.63, 3.8) is 0 Å². The van der Waals surface area contributed by atoms with Crippen LogP contribution in [0.3, 0.4) is 0 Å². The van der Waals surface area contributed by atoms with E-state index in [1.54, 1.807) is 6.20 Å². The van der Waals surface area contributed by atoms with E-state index >= 15 is 0 Å². The summed E-state index contributed by atoms with van der Waals surface area (Å²) >= 11 is 0. The maximum absolute atomic E-state index is 12.3. The fourth-order valence-electron chi connectivity index (χ4n) is 3.00. The lowest BCUT2D eigenvalue weighted by Gasteiger charge is -2.21. The minimum atomic E-state index is -1.21. The van der Waals surface area contributed by atoms with E-state index in [1.807, 2.05) is 35.0 Å². The maximum atomic E-state index is 12.3. The van der Waals surface area contributed by atoms with Crippen LogP contribution in [0.4, 0.5) is 5.69 Å². The van der Waals surface area contributed by atoms with E-state index in [4.69, 9.17) is 0 Å². The van der Waals surface area contributed by atoms with Crippen molar-refractivity contribution in [2.45, 2.75) is 44.8 Å². The molecule has 5 nitrogen and oxygen atoms in total. The number of benzene rings is 1. The molecule has 1 aliphatic carbocycles. The third kappa shape index (κ3) is 2.76. The van der Waals surface area contributed by atoms with Crippen LogP contribution in [0.25, 0.3) is 11.4 Å². The van der Waals surface area contributed by atoms with Gasteiger partial charge in [0.2, 0.25) is 0 Å². The SMILES string of the molecule is CCn1ccnc1-c1cccc(NC(=O)C2(O)CCCC2)c1. The van der Waals surface area contributed by atoms with Crippen molar-refractivity contribution in [2.24, 2.45) is 0 Å². The minimum Gasteiger partial charge on any atom is -0.380 e. The Hall–Kier alpha value is -2.14. The predicted molar refractivity (Wildman–Crippen MR) is 85.4 cm³/mol. The van der Waals surface area contributed by atoms with Gasteiger partial charge in [-0.1, -0.05) is 12.1 Å². The van der Waals surface area contributed by atoms with Gasteiger partial charge in [0, 0.05) is 30.2 Å². The predicted octanol–water partition coefficient (Wildman–Crippen LogP) is 2.81. The molecule has 0 saturated heterocycles. The molecule has 0 atom stereocenters. The van der Waals surface area contributed by atoms with Gasteiger partial charge in [-0.25, -0.2) is 4.98 Å². The van der Waals surface area contributed by atoms with E-state index in [0.717, 1.165) is 30.8 Å². The maximum Gasteiger partial charge on any atom is 0.256 e. The van der Waals surface area contributed by atoms with Gasteiger partial charge in [-0.3, -0.25) is 4.79 Å². The molecule has 1 fully saturated rings. The third-order valence-corrected chi connectivity index (χ3v) is 4.29. The Labute approximate surface area is 130 Å². The average Bonchev–Trinajstić information content (AvgIpc) is 3.16. The molecule has 2 N–H and O–H groups in total. The first-order valence-electron chi connectivity index (χ1n) is 7.78. The molecule has 116 valence electrons. The molecule has 0 bridgehead atoms. The van der Waals surface area contributed by atoms with Gasteiger partial charge in [-0.15, -0.1) is 0 Å². The van der Waals surface area contributed by atoms with Crippen molar-refractivity contribution in [3.8, 4) is 11.4 Å². The number of carbonyl (C=O) groups excluding carboxylic acids is 1. The molecular weight excluding hydrogens is 278 g/mol. The molecule has 2 aromatic rings. The normalized spacial score (nSPS) is 16.6. The van der Waals surface area contributed by atoms with Crippen molar-refractivity contribution in [1.82, 2.24) is 9.55 Å². The molecule has 1 saturated carbocycles. The Bertz CT molecular complexity index is 672. The second-order valence-corrected chi connectivity index (χ2v) is 5.81. The quantitative estimate of drug-likeness (QED) is 0.912. The van der Waals surface area contributed by atoms with Crippen LogP contribution in [0.15, 0.2) is 36.7 Å². The highest BCUT2D eigenvalue weighted by Gasteiger charge is 2.38. The number of anilines is 1. The van der Waals surface area contributed by atoms with Gasteiger partial charge in [0.1, 0.15) is 11.4 Å². The molecule has 0 radical (unpaired) electrons. The molecule has 1 aliphatic rings. The van der Waals surface area contributed by atoms with Crippen LogP contribution >= 0.6 is 0 Å². The summed E-state index contributed by atoms with van der Waals surface area (Å²) < 4.78 is 2.05. The molecule has 0 spiro atoms. The zero-order valence-electron chi connectivity index (χ0n) is 12.7. The first-order chi connectivity index (χ1) is 10.6. The Morgan fingerprint density at radius 3 is 2.91 bits per heavy atom. The number of aliphatic hydroxyl groups is 1. The lowest BCUT2D eigenvalue weighted by molar-refractivity contribution is -0.133. The zero-order valence-corrected chi connectivity index (χ0v) is 12.7. The molecule has 3 rings (SSSR count). The van der Waals surface area contributed by atoms with E-state index in [2.05, 4.69) is 17.2 Å². The van der Waals surface area contributed by atoms with Crippen LogP contribution in [0, 0.1) is 0 Å². The average molecular weight is 299 g/mol. The summed E-state index contributed by atoms with van der Waals surface area (Å²) in [7, 11) is 0. The monoisotopic (exact) mass is 299 g/mol. The van der Waals surface area contributed by atoms with Crippen LogP contribution in [-0.4, -0.2) is 26.2 Å². The Kier molecular flexibility index (Phi) is 3.98. The van der Waals surface area contributed by atoms with E-state index in [9.17, 15) is 9.90 Å². The number of hydrogen-bond donors (Lipinski definition) is 2. The number of carbonyl (C=O) groups is 1. The number of rotatable bonds is 4. The summed E-state index contributed by atoms with van der Waals surface area (Å²) in [6.07, 6.45) is 6.58. The summed E-state index contributed by atoms with van der Waals surface area (Å²) in [6, 6.07) is 7.58. The molecule has 1 heterocycles. The van der Waals surface area contributed by atoms with Crippen molar-refractivity contribution in [2.75, 3.05) is 5.32 Å². The third-order valence-electron chi connectivity index (χ3n) is 4.29. The minimum absolute atomic E-state index is 0.305. The molecule has 0 unspecified atom stereocenters. The second kappa shape index (κ2) is 5.93.